The molecule has 0 radical (unpaired) electrons. The first-order valence-electron chi connectivity index (χ1n) is 23.5. The molecule has 14 rings (SSSR count). The van der Waals surface area contributed by atoms with Crippen molar-refractivity contribution in [3.8, 4) is 54.6 Å². The number of hydrogen-bond donors (Lipinski definition) is 2. The Balaban J connectivity index is 0.000000143. The number of benzene rings is 4. The van der Waals surface area contributed by atoms with Crippen LogP contribution in [-0.2, 0) is 9.47 Å². The Kier molecular flexibility index (Phi) is 11.1. The molecule has 2 fully saturated rings. The van der Waals surface area contributed by atoms with Gasteiger partial charge >= 0.3 is 0 Å². The largest absolute Gasteiger partial charge is 0.502 e. The van der Waals surface area contributed by atoms with E-state index in [0.717, 1.165) is 54.3 Å². The summed E-state index contributed by atoms with van der Waals surface area (Å²) in [7, 11) is 0. The summed E-state index contributed by atoms with van der Waals surface area (Å²) < 4.78 is 45.7. The lowest BCUT2D eigenvalue weighted by atomic mass is 9.92. The molecule has 6 aliphatic rings. The van der Waals surface area contributed by atoms with Gasteiger partial charge in [-0.1, -0.05) is 83.9 Å². The first-order valence-corrected chi connectivity index (χ1v) is 25.9. The van der Waals surface area contributed by atoms with Crippen molar-refractivity contribution in [2.75, 3.05) is 49.5 Å². The predicted octanol–water partition coefficient (Wildman–Crippen LogP) is 9.19. The molecule has 0 bridgehead atoms. The van der Waals surface area contributed by atoms with Gasteiger partial charge in [0.05, 0.1) is 47.2 Å². The maximum Gasteiger partial charge on any atom is 0.278 e. The van der Waals surface area contributed by atoms with Crippen molar-refractivity contribution >= 4 is 57.7 Å². The van der Waals surface area contributed by atoms with E-state index in [1.54, 1.807) is 21.9 Å². The number of hydrogen-bond acceptors (Lipinski definition) is 12. The van der Waals surface area contributed by atoms with Crippen molar-refractivity contribution in [2.24, 2.45) is 0 Å². The van der Waals surface area contributed by atoms with Crippen LogP contribution in [0, 0.1) is 11.6 Å². The molecule has 2 amide bonds. The lowest BCUT2D eigenvalue weighted by Gasteiger charge is -2.51. The molecule has 2 saturated heterocycles. The minimum atomic E-state index is -0.643. The van der Waals surface area contributed by atoms with Crippen LogP contribution in [0.15, 0.2) is 131 Å². The highest BCUT2D eigenvalue weighted by atomic mass is 35.5. The topological polar surface area (TPSA) is 150 Å². The highest BCUT2D eigenvalue weighted by Crippen LogP contribution is 2.54. The molecule has 4 atom stereocenters. The van der Waals surface area contributed by atoms with E-state index < -0.39 is 70.2 Å². The molecule has 2 aliphatic carbocycles. The van der Waals surface area contributed by atoms with E-state index >= 15 is 0 Å². The molecule has 74 heavy (non-hydrogen) atoms. The van der Waals surface area contributed by atoms with E-state index in [1.165, 1.54) is 80.8 Å². The number of thiophene rings is 2. The lowest BCUT2D eigenvalue weighted by Crippen LogP contribution is -2.66. The van der Waals surface area contributed by atoms with Crippen LogP contribution in [0.3, 0.4) is 0 Å². The average Bonchev–Trinajstić information content (AvgIpc) is 3.95. The molecule has 2 N–H and O–H groups in total. The van der Waals surface area contributed by atoms with Gasteiger partial charge in [0, 0.05) is 58.5 Å². The van der Waals surface area contributed by atoms with Crippen LogP contribution in [0.4, 0.5) is 8.78 Å². The van der Waals surface area contributed by atoms with E-state index in [0.29, 0.717) is 33.0 Å². The van der Waals surface area contributed by atoms with Gasteiger partial charge in [0.15, 0.2) is 22.9 Å². The number of carbonyl (C=O) groups excluding carboxylic acids is 2. The summed E-state index contributed by atoms with van der Waals surface area (Å²) in [5.74, 6) is -2.94. The Morgan fingerprint density at radius 1 is 0.514 bits per heavy atom. The molecule has 4 aliphatic heterocycles. The molecule has 8 heterocycles. The van der Waals surface area contributed by atoms with Gasteiger partial charge in [-0.25, -0.2) is 8.78 Å². The first kappa shape index (κ1) is 46.5. The maximum atomic E-state index is 14.9. The highest BCUT2D eigenvalue weighted by Gasteiger charge is 2.48. The van der Waals surface area contributed by atoms with Crippen molar-refractivity contribution in [1.29, 1.82) is 0 Å². The van der Waals surface area contributed by atoms with Crippen molar-refractivity contribution in [1.82, 2.24) is 19.2 Å². The maximum absolute atomic E-state index is 14.9. The van der Waals surface area contributed by atoms with E-state index in [9.17, 15) is 38.2 Å². The normalized spacial score (nSPS) is 19.9. The van der Waals surface area contributed by atoms with Crippen molar-refractivity contribution < 1.29 is 38.1 Å². The Morgan fingerprint density at radius 2 is 0.932 bits per heavy atom. The number of carbonyl (C=O) groups is 2. The smallest absolute Gasteiger partial charge is 0.278 e. The second kappa shape index (κ2) is 17.7. The SMILES string of the molecule is O=C1c2c(O)c(=O)ccn2N([C@@H]2c3cc(F)ccc3-c3cc(Cl)sc3-c3ccccc32)[C@@H]2COCCN12.O=C1c2c(O)c(=O)ccn2N([C@H]2c3cc(F)ccc3-c3cc(Cl)sc3-c3ccccc32)[C@@H]2COCCN12. The predicted molar refractivity (Wildman–Crippen MR) is 276 cm³/mol. The fraction of sp³-hybridized carbons (Fsp3) is 0.185. The van der Waals surface area contributed by atoms with Gasteiger partial charge in [-0.15, -0.1) is 22.7 Å². The molecular formula is C54H38Cl2F2N6O8S2. The monoisotopic (exact) mass is 1070 g/mol. The van der Waals surface area contributed by atoms with Gasteiger partial charge in [0.25, 0.3) is 11.8 Å². The number of halogens is 4. The quantitative estimate of drug-likeness (QED) is 0.172. The summed E-state index contributed by atoms with van der Waals surface area (Å²) in [4.78, 5) is 56.9. The zero-order valence-electron chi connectivity index (χ0n) is 38.5. The summed E-state index contributed by atoms with van der Waals surface area (Å²) in [6, 6.07) is 30.1. The standard InChI is InChI=1S/2C27H19ClFN3O4S/c2*28-21-12-19-15-6-5-14(29)11-18(15)23(16-3-1-2-4-17(16)26(19)37-21)32-22-13-36-10-9-30(22)27(35)24-25(34)20(33)7-8-31(24)32/h2*1-8,11-12,22-23,34H,9-10,13H2/t22-,23+;22-,23-/m11/s1. The second-order valence-corrected chi connectivity index (χ2v) is 21.7. The van der Waals surface area contributed by atoms with Crippen LogP contribution >= 0.6 is 45.9 Å². The number of fused-ring (bicyclic) bond motifs is 14. The van der Waals surface area contributed by atoms with Crippen LogP contribution < -0.4 is 20.9 Å². The van der Waals surface area contributed by atoms with E-state index in [1.807, 2.05) is 70.7 Å². The molecule has 0 spiro atoms. The minimum absolute atomic E-state index is 0.122. The van der Waals surface area contributed by atoms with Crippen LogP contribution in [0.2, 0.25) is 8.67 Å². The number of aromatic nitrogens is 2. The van der Waals surface area contributed by atoms with E-state index in [4.69, 9.17) is 32.7 Å². The Morgan fingerprint density at radius 3 is 1.36 bits per heavy atom. The number of pyridine rings is 2. The molecule has 0 saturated carbocycles. The third-order valence-electron chi connectivity index (χ3n) is 14.5. The fourth-order valence-electron chi connectivity index (χ4n) is 11.4. The number of aromatic hydroxyl groups is 2. The molecule has 8 aromatic rings. The number of amides is 2. The third kappa shape index (κ3) is 7.06. The van der Waals surface area contributed by atoms with E-state index in [2.05, 4.69) is 0 Å². The summed E-state index contributed by atoms with van der Waals surface area (Å²) in [5.41, 5.74) is 6.84. The van der Waals surface area contributed by atoms with Crippen LogP contribution in [0.1, 0.15) is 55.3 Å². The van der Waals surface area contributed by atoms with Gasteiger partial charge in [0.2, 0.25) is 10.9 Å². The Bertz CT molecular complexity index is 3580. The number of morpholine rings is 2. The minimum Gasteiger partial charge on any atom is -0.502 e. The van der Waals surface area contributed by atoms with Gasteiger partial charge in [0.1, 0.15) is 24.0 Å². The van der Waals surface area contributed by atoms with Gasteiger partial charge in [-0.2, -0.15) is 0 Å². The molecule has 14 nitrogen and oxygen atoms in total. The van der Waals surface area contributed by atoms with E-state index in [-0.39, 0.29) is 37.7 Å². The highest BCUT2D eigenvalue weighted by molar-refractivity contribution is 7.20. The van der Waals surface area contributed by atoms with Crippen LogP contribution in [0.5, 0.6) is 11.5 Å². The summed E-state index contributed by atoms with van der Waals surface area (Å²) >= 11 is 15.8. The van der Waals surface area contributed by atoms with Crippen LogP contribution in [-0.4, -0.2) is 93.0 Å². The molecule has 4 aromatic heterocycles. The van der Waals surface area contributed by atoms with Crippen molar-refractivity contribution in [2.45, 2.75) is 24.4 Å². The summed E-state index contributed by atoms with van der Waals surface area (Å²) in [6.45, 7) is 1.64. The Labute approximate surface area is 437 Å². The number of nitrogens with zero attached hydrogens (tertiary/aromatic N) is 6. The summed E-state index contributed by atoms with van der Waals surface area (Å²) in [6.07, 6.45) is 1.84. The lowest BCUT2D eigenvalue weighted by molar-refractivity contribution is -0.0197. The van der Waals surface area contributed by atoms with Gasteiger partial charge < -0.3 is 29.5 Å². The third-order valence-corrected chi connectivity index (χ3v) is 17.1. The van der Waals surface area contributed by atoms with Crippen molar-refractivity contribution in [3.05, 3.63) is 196 Å². The zero-order valence-corrected chi connectivity index (χ0v) is 41.6. The van der Waals surface area contributed by atoms with Gasteiger partial charge in [-0.05, 0) is 80.9 Å². The summed E-state index contributed by atoms with van der Waals surface area (Å²) in [5, 5.41) is 25.3. The average molecular weight is 1070 g/mol. The Hall–Kier alpha value is -7.32. The van der Waals surface area contributed by atoms with Crippen molar-refractivity contribution in [3.63, 3.8) is 0 Å². The molecule has 20 heteroatoms. The number of ether oxygens (including phenoxy) is 2. The zero-order chi connectivity index (χ0) is 50.8. The molecule has 0 unspecified atom stereocenters. The fourth-order valence-corrected chi connectivity index (χ4v) is 14.0. The molecule has 4 aromatic carbocycles. The van der Waals surface area contributed by atoms with Crippen LogP contribution in [0.25, 0.3) is 43.1 Å². The number of rotatable bonds is 2. The van der Waals surface area contributed by atoms with Gasteiger partial charge in [-0.3, -0.25) is 38.5 Å². The first-order chi connectivity index (χ1) is 35.9. The molecular weight excluding hydrogens is 1030 g/mol. The molecule has 372 valence electrons. The second-order valence-electron chi connectivity index (χ2n) is 18.3.